The molecule has 15 heavy (non-hydrogen) atoms. The summed E-state index contributed by atoms with van der Waals surface area (Å²) in [5, 5.41) is 0. The molecule has 0 bridgehead atoms. The first-order chi connectivity index (χ1) is 7.08. The van der Waals surface area contributed by atoms with Gasteiger partial charge < -0.3 is 0 Å². The van der Waals surface area contributed by atoms with Crippen LogP contribution < -0.4 is 0 Å². The average Bonchev–Trinajstić information content (AvgIpc) is 2.59. The second-order valence-electron chi connectivity index (χ2n) is 4.84. The van der Waals surface area contributed by atoms with Gasteiger partial charge in [-0.1, -0.05) is 33.3 Å². The Labute approximate surface area is 91.5 Å². The van der Waals surface area contributed by atoms with E-state index in [4.69, 9.17) is 0 Å². The second-order valence-corrected chi connectivity index (χ2v) is 4.84. The molecule has 2 rings (SSSR count). The Kier molecular flexibility index (Phi) is 2.59. The summed E-state index contributed by atoms with van der Waals surface area (Å²) in [7, 11) is 0. The zero-order valence-corrected chi connectivity index (χ0v) is 9.91. The van der Waals surface area contributed by atoms with Gasteiger partial charge in [0, 0.05) is 17.7 Å². The molecule has 0 aromatic carbocycles. The molecule has 1 aliphatic carbocycles. The van der Waals surface area contributed by atoms with Crippen LogP contribution >= 0.6 is 0 Å². The molecule has 2 nitrogen and oxygen atoms in total. The molecule has 0 fully saturated rings. The van der Waals surface area contributed by atoms with Gasteiger partial charge in [-0.3, -0.25) is 0 Å². The normalized spacial score (nSPS) is 14.7. The van der Waals surface area contributed by atoms with Gasteiger partial charge in [0.05, 0.1) is 5.69 Å². The van der Waals surface area contributed by atoms with Gasteiger partial charge in [0.15, 0.2) is 0 Å². The minimum Gasteiger partial charge on any atom is -0.241 e. The summed E-state index contributed by atoms with van der Waals surface area (Å²) < 4.78 is 0. The molecule has 1 aromatic heterocycles. The standard InChI is InChI=1S/C13H18N2/c1-8(2)10-5-11-7-14-13(9(3)4)15-12(11)6-10/h6-9H,5H2,1-4H3. The fourth-order valence-electron chi connectivity index (χ4n) is 1.79. The highest BCUT2D eigenvalue weighted by atomic mass is 14.9. The molecule has 0 unspecified atom stereocenters. The molecule has 80 valence electrons. The van der Waals surface area contributed by atoms with E-state index in [2.05, 4.69) is 43.7 Å². The van der Waals surface area contributed by atoms with Crippen LogP contribution in [0.5, 0.6) is 0 Å². The van der Waals surface area contributed by atoms with Gasteiger partial charge in [-0.25, -0.2) is 9.97 Å². The van der Waals surface area contributed by atoms with Crippen molar-refractivity contribution in [1.82, 2.24) is 9.97 Å². The zero-order valence-electron chi connectivity index (χ0n) is 9.91. The third kappa shape index (κ3) is 1.94. The average molecular weight is 202 g/mol. The SMILES string of the molecule is CC(C)C1=Cc2nc(C(C)C)ncc2C1. The number of allylic oxidation sites excluding steroid dienone is 1. The van der Waals surface area contributed by atoms with Crippen LogP contribution in [-0.2, 0) is 6.42 Å². The maximum absolute atomic E-state index is 4.60. The minimum absolute atomic E-state index is 0.409. The van der Waals surface area contributed by atoms with Crippen molar-refractivity contribution in [1.29, 1.82) is 0 Å². The lowest BCUT2D eigenvalue weighted by Gasteiger charge is -2.05. The molecule has 1 aromatic rings. The van der Waals surface area contributed by atoms with Crippen molar-refractivity contribution in [3.05, 3.63) is 28.9 Å². The van der Waals surface area contributed by atoms with Crippen molar-refractivity contribution in [2.45, 2.75) is 40.0 Å². The molecule has 0 aliphatic heterocycles. The molecule has 0 amide bonds. The smallest absolute Gasteiger partial charge is 0.131 e. The van der Waals surface area contributed by atoms with Gasteiger partial charge in [-0.2, -0.15) is 0 Å². The molecule has 1 aliphatic rings. The molecule has 0 N–H and O–H groups in total. The Morgan fingerprint density at radius 3 is 2.47 bits per heavy atom. The number of nitrogens with zero attached hydrogens (tertiary/aromatic N) is 2. The Morgan fingerprint density at radius 1 is 1.13 bits per heavy atom. The van der Waals surface area contributed by atoms with E-state index in [9.17, 15) is 0 Å². The predicted molar refractivity (Wildman–Crippen MR) is 62.6 cm³/mol. The van der Waals surface area contributed by atoms with Crippen LogP contribution in [0.3, 0.4) is 0 Å². The highest BCUT2D eigenvalue weighted by Crippen LogP contribution is 2.28. The van der Waals surface area contributed by atoms with Crippen molar-refractivity contribution in [2.24, 2.45) is 5.92 Å². The Balaban J connectivity index is 2.34. The highest BCUT2D eigenvalue weighted by Gasteiger charge is 2.17. The first-order valence-corrected chi connectivity index (χ1v) is 5.64. The van der Waals surface area contributed by atoms with Gasteiger partial charge in [-0.15, -0.1) is 0 Å². The van der Waals surface area contributed by atoms with Crippen LogP contribution in [0.1, 0.15) is 50.7 Å². The van der Waals surface area contributed by atoms with E-state index >= 15 is 0 Å². The molecule has 0 saturated heterocycles. The molecular weight excluding hydrogens is 184 g/mol. The van der Waals surface area contributed by atoms with E-state index in [1.807, 2.05) is 6.20 Å². The van der Waals surface area contributed by atoms with E-state index in [0.717, 1.165) is 17.9 Å². The van der Waals surface area contributed by atoms with Gasteiger partial charge in [-0.05, 0) is 18.4 Å². The topological polar surface area (TPSA) is 25.8 Å². The third-order valence-corrected chi connectivity index (χ3v) is 2.89. The summed E-state index contributed by atoms with van der Waals surface area (Å²) >= 11 is 0. The van der Waals surface area contributed by atoms with E-state index in [1.54, 1.807) is 0 Å². The van der Waals surface area contributed by atoms with Crippen LogP contribution in [0.2, 0.25) is 0 Å². The number of hydrogen-bond acceptors (Lipinski definition) is 2. The van der Waals surface area contributed by atoms with E-state index in [-0.39, 0.29) is 0 Å². The maximum atomic E-state index is 4.60. The molecule has 0 atom stereocenters. The second kappa shape index (κ2) is 3.76. The molecule has 0 spiro atoms. The number of fused-ring (bicyclic) bond motifs is 1. The van der Waals surface area contributed by atoms with Crippen LogP contribution in [0.25, 0.3) is 6.08 Å². The summed E-state index contributed by atoms with van der Waals surface area (Å²) in [5.74, 6) is 1.98. The van der Waals surface area contributed by atoms with Crippen molar-refractivity contribution in [3.8, 4) is 0 Å². The van der Waals surface area contributed by atoms with Crippen LogP contribution in [-0.4, -0.2) is 9.97 Å². The van der Waals surface area contributed by atoms with E-state index < -0.39 is 0 Å². The lowest BCUT2D eigenvalue weighted by Crippen LogP contribution is -2.00. The third-order valence-electron chi connectivity index (χ3n) is 2.89. The van der Waals surface area contributed by atoms with Gasteiger partial charge in [0.1, 0.15) is 5.82 Å². The quantitative estimate of drug-likeness (QED) is 0.736. The Bertz CT molecular complexity index is 403. The van der Waals surface area contributed by atoms with E-state index in [0.29, 0.717) is 11.8 Å². The van der Waals surface area contributed by atoms with E-state index in [1.165, 1.54) is 11.1 Å². The summed E-state index contributed by atoms with van der Waals surface area (Å²) in [6, 6.07) is 0. The first kappa shape index (κ1) is 10.3. The number of hydrogen-bond donors (Lipinski definition) is 0. The van der Waals surface area contributed by atoms with Crippen LogP contribution in [0, 0.1) is 5.92 Å². The fourth-order valence-corrected chi connectivity index (χ4v) is 1.79. The highest BCUT2D eigenvalue weighted by molar-refractivity contribution is 5.60. The molecule has 1 heterocycles. The minimum atomic E-state index is 0.409. The fraction of sp³-hybridized carbons (Fsp3) is 0.538. The first-order valence-electron chi connectivity index (χ1n) is 5.64. The van der Waals surface area contributed by atoms with Gasteiger partial charge in [0.25, 0.3) is 0 Å². The summed E-state index contributed by atoms with van der Waals surface area (Å²) in [6.07, 6.45) is 5.25. The zero-order chi connectivity index (χ0) is 11.0. The van der Waals surface area contributed by atoms with Crippen molar-refractivity contribution in [3.63, 3.8) is 0 Å². The van der Waals surface area contributed by atoms with Crippen LogP contribution in [0.15, 0.2) is 11.8 Å². The lowest BCUT2D eigenvalue weighted by molar-refractivity contribution is 0.749. The monoisotopic (exact) mass is 202 g/mol. The Hall–Kier alpha value is -1.18. The van der Waals surface area contributed by atoms with Crippen LogP contribution in [0.4, 0.5) is 0 Å². The number of aromatic nitrogens is 2. The summed E-state index contributed by atoms with van der Waals surface area (Å²) in [5.41, 5.74) is 3.89. The lowest BCUT2D eigenvalue weighted by atomic mass is 10.0. The van der Waals surface area contributed by atoms with Gasteiger partial charge in [0.2, 0.25) is 0 Å². The van der Waals surface area contributed by atoms with Crippen molar-refractivity contribution < 1.29 is 0 Å². The molecule has 0 radical (unpaired) electrons. The van der Waals surface area contributed by atoms with Crippen molar-refractivity contribution >= 4 is 6.08 Å². The van der Waals surface area contributed by atoms with Gasteiger partial charge >= 0.3 is 0 Å². The molecular formula is C13H18N2. The van der Waals surface area contributed by atoms with Crippen molar-refractivity contribution in [2.75, 3.05) is 0 Å². The summed E-state index contributed by atoms with van der Waals surface area (Å²) in [6.45, 7) is 8.72. The number of rotatable bonds is 2. The molecule has 0 saturated carbocycles. The predicted octanol–water partition coefficient (Wildman–Crippen LogP) is 3.20. The summed E-state index contributed by atoms with van der Waals surface area (Å²) in [4.78, 5) is 9.00. The Morgan fingerprint density at radius 2 is 1.87 bits per heavy atom. The maximum Gasteiger partial charge on any atom is 0.131 e. The molecule has 2 heteroatoms. The largest absolute Gasteiger partial charge is 0.241 e.